The third kappa shape index (κ3) is 3.66. The second-order valence-electron chi connectivity index (χ2n) is 6.34. The molecule has 1 aliphatic rings. The predicted octanol–water partition coefficient (Wildman–Crippen LogP) is 2.41. The summed E-state index contributed by atoms with van der Waals surface area (Å²) in [6.45, 7) is 2.62. The third-order valence-corrected chi connectivity index (χ3v) is 4.57. The van der Waals surface area contributed by atoms with Crippen LogP contribution in [0.2, 0.25) is 0 Å². The van der Waals surface area contributed by atoms with Gasteiger partial charge >= 0.3 is 0 Å². The molecule has 0 unspecified atom stereocenters. The molecule has 2 heterocycles. The molecular formula is C18H23FN4O2. The van der Waals surface area contributed by atoms with E-state index in [4.69, 9.17) is 4.74 Å². The quantitative estimate of drug-likeness (QED) is 0.903. The topological polar surface area (TPSA) is 59.4 Å². The molecule has 2 atom stereocenters. The van der Waals surface area contributed by atoms with Crippen molar-refractivity contribution >= 4 is 11.6 Å². The minimum absolute atomic E-state index is 0.0279. The average Bonchev–Trinajstić information content (AvgIpc) is 3.02. The minimum Gasteiger partial charge on any atom is -0.494 e. The lowest BCUT2D eigenvalue weighted by atomic mass is 10.0. The van der Waals surface area contributed by atoms with E-state index < -0.39 is 5.82 Å². The van der Waals surface area contributed by atoms with Crippen molar-refractivity contribution < 1.29 is 13.9 Å². The lowest BCUT2D eigenvalue weighted by Crippen LogP contribution is -2.51. The SMILES string of the molecule is COc1ccc([C@H](C)N[C@@H]2CCCN(c3cnn(C)c3)C2=O)cc1F. The maximum absolute atomic E-state index is 13.9. The van der Waals surface area contributed by atoms with Gasteiger partial charge in [-0.3, -0.25) is 14.8 Å². The van der Waals surface area contributed by atoms with Gasteiger partial charge < -0.3 is 9.64 Å². The first-order valence-corrected chi connectivity index (χ1v) is 8.39. The van der Waals surface area contributed by atoms with Gasteiger partial charge in [0.2, 0.25) is 5.91 Å². The number of aryl methyl sites for hydroxylation is 1. The molecule has 1 aliphatic heterocycles. The Morgan fingerprint density at radius 2 is 2.24 bits per heavy atom. The Morgan fingerprint density at radius 1 is 1.44 bits per heavy atom. The number of ether oxygens (including phenoxy) is 1. The Hall–Kier alpha value is -2.41. The number of nitrogens with zero attached hydrogens (tertiary/aromatic N) is 3. The van der Waals surface area contributed by atoms with E-state index in [9.17, 15) is 9.18 Å². The fraction of sp³-hybridized carbons (Fsp3) is 0.444. The first kappa shape index (κ1) is 17.4. The number of rotatable bonds is 5. The Morgan fingerprint density at radius 3 is 2.88 bits per heavy atom. The lowest BCUT2D eigenvalue weighted by molar-refractivity contribution is -0.122. The predicted molar refractivity (Wildman–Crippen MR) is 93.1 cm³/mol. The first-order valence-electron chi connectivity index (χ1n) is 8.39. The summed E-state index contributed by atoms with van der Waals surface area (Å²) in [4.78, 5) is 14.6. The van der Waals surface area contributed by atoms with Crippen LogP contribution in [0.4, 0.5) is 10.1 Å². The van der Waals surface area contributed by atoms with Gasteiger partial charge in [0.25, 0.3) is 0 Å². The molecule has 6 nitrogen and oxygen atoms in total. The number of carbonyl (C=O) groups excluding carboxylic acids is 1. The van der Waals surface area contributed by atoms with E-state index in [1.807, 2.05) is 26.2 Å². The van der Waals surface area contributed by atoms with Crippen molar-refractivity contribution in [3.63, 3.8) is 0 Å². The Bertz CT molecular complexity index is 761. The highest BCUT2D eigenvalue weighted by Gasteiger charge is 2.31. The second-order valence-corrected chi connectivity index (χ2v) is 6.34. The van der Waals surface area contributed by atoms with E-state index in [0.29, 0.717) is 6.54 Å². The minimum atomic E-state index is -0.402. The number of benzene rings is 1. The first-order chi connectivity index (χ1) is 12.0. The van der Waals surface area contributed by atoms with Gasteiger partial charge in [0.05, 0.1) is 25.0 Å². The van der Waals surface area contributed by atoms with E-state index in [1.165, 1.54) is 13.2 Å². The fourth-order valence-electron chi connectivity index (χ4n) is 3.18. The molecule has 25 heavy (non-hydrogen) atoms. The van der Waals surface area contributed by atoms with E-state index in [1.54, 1.807) is 21.8 Å². The summed E-state index contributed by atoms with van der Waals surface area (Å²) in [6, 6.07) is 4.42. The molecule has 134 valence electrons. The monoisotopic (exact) mass is 346 g/mol. The maximum atomic E-state index is 13.9. The van der Waals surface area contributed by atoms with Crippen LogP contribution >= 0.6 is 0 Å². The summed E-state index contributed by atoms with van der Waals surface area (Å²) in [5.41, 5.74) is 1.59. The normalized spacial score (nSPS) is 19.1. The number of hydrogen-bond acceptors (Lipinski definition) is 4. The smallest absolute Gasteiger partial charge is 0.244 e. The number of nitrogens with one attached hydrogen (secondary N) is 1. The Labute approximate surface area is 146 Å². The van der Waals surface area contributed by atoms with Crippen LogP contribution in [-0.2, 0) is 11.8 Å². The molecule has 1 N–H and O–H groups in total. The van der Waals surface area contributed by atoms with E-state index >= 15 is 0 Å². The Balaban J connectivity index is 1.71. The van der Waals surface area contributed by atoms with Gasteiger partial charge in [-0.2, -0.15) is 5.10 Å². The molecule has 0 saturated carbocycles. The lowest BCUT2D eigenvalue weighted by Gasteiger charge is -2.33. The number of methoxy groups -OCH3 is 1. The molecule has 2 aromatic rings. The zero-order chi connectivity index (χ0) is 18.0. The van der Waals surface area contributed by atoms with E-state index in [-0.39, 0.29) is 23.7 Å². The van der Waals surface area contributed by atoms with Crippen molar-refractivity contribution in [2.45, 2.75) is 31.8 Å². The van der Waals surface area contributed by atoms with Crippen molar-refractivity contribution in [3.05, 3.63) is 42.0 Å². The second kappa shape index (κ2) is 7.23. The average molecular weight is 346 g/mol. The van der Waals surface area contributed by atoms with Crippen LogP contribution in [0.3, 0.4) is 0 Å². The van der Waals surface area contributed by atoms with Gasteiger partial charge in [-0.25, -0.2) is 4.39 Å². The number of piperidine rings is 1. The van der Waals surface area contributed by atoms with Crippen LogP contribution in [0.1, 0.15) is 31.4 Å². The number of carbonyl (C=O) groups is 1. The van der Waals surface area contributed by atoms with Gasteiger partial charge in [-0.05, 0) is 37.5 Å². The summed E-state index contributed by atoms with van der Waals surface area (Å²) in [5, 5.41) is 7.46. The summed E-state index contributed by atoms with van der Waals surface area (Å²) < 4.78 is 20.5. The van der Waals surface area contributed by atoms with Crippen molar-refractivity contribution in [1.82, 2.24) is 15.1 Å². The molecule has 1 aromatic heterocycles. The fourth-order valence-corrected chi connectivity index (χ4v) is 3.18. The van der Waals surface area contributed by atoms with Crippen molar-refractivity contribution in [3.8, 4) is 5.75 Å². The molecule has 7 heteroatoms. The van der Waals surface area contributed by atoms with Crippen LogP contribution in [0.15, 0.2) is 30.6 Å². The van der Waals surface area contributed by atoms with Gasteiger partial charge in [-0.1, -0.05) is 6.07 Å². The van der Waals surface area contributed by atoms with E-state index in [2.05, 4.69) is 10.4 Å². The number of hydrogen-bond donors (Lipinski definition) is 1. The molecule has 0 aliphatic carbocycles. The maximum Gasteiger partial charge on any atom is 0.244 e. The van der Waals surface area contributed by atoms with Crippen molar-refractivity contribution in [1.29, 1.82) is 0 Å². The zero-order valence-electron chi connectivity index (χ0n) is 14.7. The molecular weight excluding hydrogens is 323 g/mol. The van der Waals surface area contributed by atoms with Crippen LogP contribution < -0.4 is 15.0 Å². The highest BCUT2D eigenvalue weighted by Crippen LogP contribution is 2.25. The van der Waals surface area contributed by atoms with Crippen molar-refractivity contribution in [2.24, 2.45) is 7.05 Å². The van der Waals surface area contributed by atoms with Gasteiger partial charge in [0.15, 0.2) is 11.6 Å². The standard InChI is InChI=1S/C18H23FN4O2/c1-12(13-6-7-17(25-3)15(19)9-13)21-16-5-4-8-23(18(16)24)14-10-20-22(2)11-14/h6-7,9-12,16,21H,4-5,8H2,1-3H3/t12-,16+/m0/s1. The molecule has 1 saturated heterocycles. The largest absolute Gasteiger partial charge is 0.494 e. The molecule has 0 spiro atoms. The number of halogens is 1. The summed E-state index contributed by atoms with van der Waals surface area (Å²) >= 11 is 0. The van der Waals surface area contributed by atoms with Gasteiger partial charge in [0.1, 0.15) is 0 Å². The van der Waals surface area contributed by atoms with E-state index in [0.717, 1.165) is 24.1 Å². The van der Waals surface area contributed by atoms with Crippen molar-refractivity contribution in [2.75, 3.05) is 18.6 Å². The summed E-state index contributed by atoms with van der Waals surface area (Å²) in [7, 11) is 3.27. The molecule has 0 bridgehead atoms. The highest BCUT2D eigenvalue weighted by molar-refractivity contribution is 5.97. The highest BCUT2D eigenvalue weighted by atomic mass is 19.1. The molecule has 1 amide bonds. The van der Waals surface area contributed by atoms with Crippen LogP contribution in [0.25, 0.3) is 0 Å². The zero-order valence-corrected chi connectivity index (χ0v) is 14.7. The number of anilines is 1. The van der Waals surface area contributed by atoms with Crippen LogP contribution in [0.5, 0.6) is 5.75 Å². The summed E-state index contributed by atoms with van der Waals surface area (Å²) in [5.74, 6) is -0.159. The van der Waals surface area contributed by atoms with Crippen LogP contribution in [-0.4, -0.2) is 35.4 Å². The molecule has 3 rings (SSSR count). The molecule has 1 aromatic carbocycles. The molecule has 0 radical (unpaired) electrons. The Kier molecular flexibility index (Phi) is 5.03. The van der Waals surface area contributed by atoms with Gasteiger partial charge in [0, 0.05) is 25.8 Å². The molecule has 1 fully saturated rings. The number of amides is 1. The third-order valence-electron chi connectivity index (χ3n) is 4.57. The number of aromatic nitrogens is 2. The van der Waals surface area contributed by atoms with Gasteiger partial charge in [-0.15, -0.1) is 0 Å². The van der Waals surface area contributed by atoms with Crippen LogP contribution in [0, 0.1) is 5.82 Å². The summed E-state index contributed by atoms with van der Waals surface area (Å²) in [6.07, 6.45) is 5.20.